The Labute approximate surface area is 151 Å². The summed E-state index contributed by atoms with van der Waals surface area (Å²) in [6, 6.07) is 11.9. The van der Waals surface area contributed by atoms with Crippen LogP contribution in [0.3, 0.4) is 0 Å². The van der Waals surface area contributed by atoms with E-state index in [1.165, 1.54) is 0 Å². The summed E-state index contributed by atoms with van der Waals surface area (Å²) in [6.07, 6.45) is 1.25. The molecule has 0 N–H and O–H groups in total. The van der Waals surface area contributed by atoms with Crippen LogP contribution in [0.2, 0.25) is 0 Å². The van der Waals surface area contributed by atoms with Crippen LogP contribution < -0.4 is 14.4 Å². The molecule has 5 rings (SSSR count). The van der Waals surface area contributed by atoms with Crippen LogP contribution in [0.4, 0.5) is 5.69 Å². The summed E-state index contributed by atoms with van der Waals surface area (Å²) in [4.78, 5) is 19.6. The maximum Gasteiger partial charge on any atom is 0.229 e. The second-order valence-electron chi connectivity index (χ2n) is 6.93. The number of amides is 1. The van der Waals surface area contributed by atoms with Gasteiger partial charge < -0.3 is 9.47 Å². The number of nitrogens with zero attached hydrogens (tertiary/aromatic N) is 3. The number of hydrogen-bond donors (Lipinski definition) is 0. The number of carbonyl (C=O) groups is 1. The first kappa shape index (κ1) is 15.3. The van der Waals surface area contributed by atoms with Crippen LogP contribution in [0.25, 0.3) is 22.4 Å². The normalized spacial score (nSPS) is 20.7. The van der Waals surface area contributed by atoms with E-state index in [1.807, 2.05) is 35.2 Å². The van der Waals surface area contributed by atoms with Crippen LogP contribution in [0.1, 0.15) is 19.8 Å². The maximum atomic E-state index is 12.8. The van der Waals surface area contributed by atoms with E-state index >= 15 is 0 Å². The summed E-state index contributed by atoms with van der Waals surface area (Å²) < 4.78 is 13.2. The van der Waals surface area contributed by atoms with Gasteiger partial charge in [-0.3, -0.25) is 14.3 Å². The smallest absolute Gasteiger partial charge is 0.229 e. The lowest BCUT2D eigenvalue weighted by Gasteiger charge is -2.42. The van der Waals surface area contributed by atoms with Crippen molar-refractivity contribution < 1.29 is 14.3 Å². The molecular weight excluding hydrogens is 330 g/mol. The predicted octanol–water partition coefficient (Wildman–Crippen LogP) is 3.53. The van der Waals surface area contributed by atoms with Crippen molar-refractivity contribution in [2.24, 2.45) is 0 Å². The first-order valence-electron chi connectivity index (χ1n) is 8.66. The molecule has 6 nitrogen and oxygen atoms in total. The van der Waals surface area contributed by atoms with Gasteiger partial charge in [-0.2, -0.15) is 0 Å². The first-order valence-corrected chi connectivity index (χ1v) is 8.66. The van der Waals surface area contributed by atoms with Gasteiger partial charge in [-0.15, -0.1) is 0 Å². The van der Waals surface area contributed by atoms with Crippen LogP contribution in [0.15, 0.2) is 36.4 Å². The Morgan fingerprint density at radius 3 is 2.62 bits per heavy atom. The quantitative estimate of drug-likeness (QED) is 0.710. The number of hydrogen-bond acceptors (Lipinski definition) is 4. The molecule has 6 heteroatoms. The lowest BCUT2D eigenvalue weighted by atomic mass is 10.0. The van der Waals surface area contributed by atoms with Crippen molar-refractivity contribution in [2.75, 3.05) is 19.1 Å². The van der Waals surface area contributed by atoms with Crippen molar-refractivity contribution in [1.82, 2.24) is 9.55 Å². The molecule has 1 fully saturated rings. The maximum absolute atomic E-state index is 12.8. The molecule has 2 aromatic carbocycles. The van der Waals surface area contributed by atoms with Gasteiger partial charge in [-0.05, 0) is 31.5 Å². The molecule has 3 aromatic rings. The summed E-state index contributed by atoms with van der Waals surface area (Å²) in [6.45, 7) is 2.11. The highest BCUT2D eigenvalue weighted by Crippen LogP contribution is 2.52. The molecule has 26 heavy (non-hydrogen) atoms. The zero-order valence-electron chi connectivity index (χ0n) is 14.9. The minimum absolute atomic E-state index is 0.115. The molecule has 3 heterocycles. The van der Waals surface area contributed by atoms with E-state index in [0.29, 0.717) is 17.9 Å². The van der Waals surface area contributed by atoms with Gasteiger partial charge in [0.05, 0.1) is 30.9 Å². The van der Waals surface area contributed by atoms with E-state index in [2.05, 4.69) is 17.6 Å². The summed E-state index contributed by atoms with van der Waals surface area (Å²) in [5.41, 5.74) is 3.19. The molecule has 1 unspecified atom stereocenters. The number of imidazole rings is 1. The minimum atomic E-state index is -0.477. The van der Waals surface area contributed by atoms with Gasteiger partial charge >= 0.3 is 0 Å². The number of anilines is 1. The number of methoxy groups -OCH3 is 2. The molecule has 0 radical (unpaired) electrons. The number of fused-ring (bicyclic) bond motifs is 8. The van der Waals surface area contributed by atoms with Crippen molar-refractivity contribution >= 4 is 22.6 Å². The average Bonchev–Trinajstić information content (AvgIpc) is 3.19. The summed E-state index contributed by atoms with van der Waals surface area (Å²) in [5.74, 6) is 2.21. The Morgan fingerprint density at radius 2 is 1.85 bits per heavy atom. The number of aromatic nitrogens is 2. The lowest BCUT2D eigenvalue weighted by molar-refractivity contribution is -0.117. The monoisotopic (exact) mass is 349 g/mol. The molecule has 1 saturated heterocycles. The third-order valence-corrected chi connectivity index (χ3v) is 5.57. The van der Waals surface area contributed by atoms with Gasteiger partial charge in [-0.25, -0.2) is 4.98 Å². The molecule has 0 aliphatic carbocycles. The van der Waals surface area contributed by atoms with Crippen molar-refractivity contribution in [3.05, 3.63) is 36.4 Å². The molecule has 1 aromatic heterocycles. The molecule has 2 aliphatic rings. The molecule has 1 amide bonds. The number of rotatable bonds is 2. The Bertz CT molecular complexity index is 1070. The first-order chi connectivity index (χ1) is 12.6. The highest BCUT2D eigenvalue weighted by atomic mass is 16.5. The van der Waals surface area contributed by atoms with Gasteiger partial charge in [0.1, 0.15) is 11.5 Å². The summed E-state index contributed by atoms with van der Waals surface area (Å²) >= 11 is 0. The fraction of sp³-hybridized carbons (Fsp3) is 0.300. The molecule has 2 aliphatic heterocycles. The van der Waals surface area contributed by atoms with Crippen molar-refractivity contribution in [3.63, 3.8) is 0 Å². The van der Waals surface area contributed by atoms with Gasteiger partial charge in [-0.1, -0.05) is 12.1 Å². The van der Waals surface area contributed by atoms with Crippen molar-refractivity contribution in [3.8, 4) is 22.9 Å². The predicted molar refractivity (Wildman–Crippen MR) is 98.6 cm³/mol. The highest BCUT2D eigenvalue weighted by molar-refractivity contribution is 6.03. The van der Waals surface area contributed by atoms with Crippen molar-refractivity contribution in [1.29, 1.82) is 0 Å². The standard InChI is InChI=1S/C20H19N3O3/c1-20-9-8-18(24)22(20)15-11-17(26-3)16(25-2)10-12(15)19-21-13-6-4-5-7-14(13)23(19)20/h4-7,10-11H,8-9H2,1-3H3. The Kier molecular flexibility index (Phi) is 2.93. The fourth-order valence-electron chi connectivity index (χ4n) is 4.37. The van der Waals surface area contributed by atoms with E-state index in [-0.39, 0.29) is 5.91 Å². The SMILES string of the molecule is COc1cc2c(cc1OC)N1C(=O)CCC1(C)n1c-2nc2ccccc21. The lowest BCUT2D eigenvalue weighted by Crippen LogP contribution is -2.48. The Balaban J connectivity index is 1.92. The van der Waals surface area contributed by atoms with Crippen LogP contribution >= 0.6 is 0 Å². The fourth-order valence-corrected chi connectivity index (χ4v) is 4.37. The summed E-state index contributed by atoms with van der Waals surface area (Å²) in [5, 5.41) is 0. The van der Waals surface area contributed by atoms with E-state index in [1.54, 1.807) is 14.2 Å². The zero-order chi connectivity index (χ0) is 18.1. The van der Waals surface area contributed by atoms with Crippen LogP contribution in [-0.2, 0) is 10.5 Å². The molecule has 132 valence electrons. The van der Waals surface area contributed by atoms with E-state index in [9.17, 15) is 4.79 Å². The molecule has 1 atom stereocenters. The van der Waals surface area contributed by atoms with Gasteiger partial charge in [0.25, 0.3) is 0 Å². The minimum Gasteiger partial charge on any atom is -0.493 e. The van der Waals surface area contributed by atoms with Gasteiger partial charge in [0.2, 0.25) is 5.91 Å². The molecular formula is C20H19N3O3. The van der Waals surface area contributed by atoms with Gasteiger partial charge in [0, 0.05) is 18.1 Å². The van der Waals surface area contributed by atoms with Crippen LogP contribution in [0, 0.1) is 0 Å². The molecule has 0 saturated carbocycles. The zero-order valence-corrected chi connectivity index (χ0v) is 14.9. The van der Waals surface area contributed by atoms with E-state index < -0.39 is 5.66 Å². The molecule has 0 spiro atoms. The topological polar surface area (TPSA) is 56.6 Å². The Morgan fingerprint density at radius 1 is 1.12 bits per heavy atom. The largest absolute Gasteiger partial charge is 0.493 e. The van der Waals surface area contributed by atoms with Crippen LogP contribution in [-0.4, -0.2) is 29.7 Å². The Hall–Kier alpha value is -3.02. The molecule has 0 bridgehead atoms. The highest BCUT2D eigenvalue weighted by Gasteiger charge is 2.50. The van der Waals surface area contributed by atoms with Crippen molar-refractivity contribution in [2.45, 2.75) is 25.4 Å². The van der Waals surface area contributed by atoms with E-state index in [0.717, 1.165) is 34.5 Å². The third-order valence-electron chi connectivity index (χ3n) is 5.57. The summed E-state index contributed by atoms with van der Waals surface area (Å²) in [7, 11) is 3.22. The second kappa shape index (κ2) is 5.00. The van der Waals surface area contributed by atoms with Gasteiger partial charge in [0.15, 0.2) is 11.5 Å². The average molecular weight is 349 g/mol. The number of ether oxygens (including phenoxy) is 2. The second-order valence-corrected chi connectivity index (χ2v) is 6.93. The number of carbonyl (C=O) groups excluding carboxylic acids is 1. The van der Waals surface area contributed by atoms with E-state index in [4.69, 9.17) is 14.5 Å². The van der Waals surface area contributed by atoms with Crippen LogP contribution in [0.5, 0.6) is 11.5 Å². The third kappa shape index (κ3) is 1.71. The number of para-hydroxylation sites is 2. The number of benzene rings is 2.